The first kappa shape index (κ1) is 31.4. The smallest absolute Gasteiger partial charge is 0.255 e. The number of aliphatic hydroxyl groups excluding tert-OH is 2. The summed E-state index contributed by atoms with van der Waals surface area (Å²) in [4.78, 5) is 55.2. The van der Waals surface area contributed by atoms with Crippen LogP contribution in [0.1, 0.15) is 37.5 Å². The molecule has 3 aliphatic carbocycles. The molecular weight excluding hydrogens is 550 g/mol. The molecule has 9 N–H and O–H groups in total. The Morgan fingerprint density at radius 2 is 1.76 bits per heavy atom. The molecule has 0 aromatic heterocycles. The molecule has 14 heteroatoms. The number of hydrogen-bond donors (Lipinski definition) is 8. The van der Waals surface area contributed by atoms with E-state index in [9.17, 15) is 44.7 Å². The standard InChI is InChI=1S/C28H39N5O9/c1-11(2)30-10-17(34)31-15-9-16(32(3)4)13-7-12-8-14-20(33(5)6)22(36)19(25(29)39)24(38)28(14,42)26(40)27(12,41)23(37)18(13)21(15)35/h9,11-12,14,20,23,30,35,37-38,41-42H,7-8,10H2,1-6H3,(H2,29,39)(H,31,34)/t12-,14-,20-,23?,27?,28+/m0/s1. The van der Waals surface area contributed by atoms with Crippen LogP contribution in [0.15, 0.2) is 17.4 Å². The quantitative estimate of drug-likeness (QED) is 0.134. The van der Waals surface area contributed by atoms with E-state index in [2.05, 4.69) is 10.6 Å². The summed E-state index contributed by atoms with van der Waals surface area (Å²) < 4.78 is 0. The van der Waals surface area contributed by atoms with E-state index in [1.807, 2.05) is 13.8 Å². The molecular formula is C28H39N5O9. The number of carbonyl (C=O) groups is 4. The van der Waals surface area contributed by atoms with Crippen molar-refractivity contribution in [2.45, 2.75) is 56.1 Å². The van der Waals surface area contributed by atoms with Gasteiger partial charge in [-0.1, -0.05) is 13.8 Å². The molecule has 14 nitrogen and oxygen atoms in total. The van der Waals surface area contributed by atoms with Crippen molar-refractivity contribution in [3.05, 3.63) is 28.5 Å². The number of hydrogen-bond acceptors (Lipinski definition) is 12. The Hall–Kier alpha value is -3.56. The van der Waals surface area contributed by atoms with E-state index in [-0.39, 0.29) is 36.7 Å². The Kier molecular flexibility index (Phi) is 7.93. The predicted molar refractivity (Wildman–Crippen MR) is 151 cm³/mol. The van der Waals surface area contributed by atoms with Crippen molar-refractivity contribution in [2.24, 2.45) is 17.6 Å². The van der Waals surface area contributed by atoms with E-state index in [1.54, 1.807) is 19.0 Å². The first-order valence-electron chi connectivity index (χ1n) is 13.6. The highest BCUT2D eigenvalue weighted by molar-refractivity contribution is 6.23. The third-order valence-corrected chi connectivity index (χ3v) is 8.70. The molecule has 0 aliphatic heterocycles. The minimum atomic E-state index is -2.95. The number of Topliss-reactive ketones (excluding diaryl/α,β-unsaturated/α-hetero) is 2. The van der Waals surface area contributed by atoms with Crippen molar-refractivity contribution < 1.29 is 44.7 Å². The molecule has 1 saturated carbocycles. The number of primary amides is 1. The molecule has 0 bridgehead atoms. The lowest BCUT2D eigenvalue weighted by Gasteiger charge is -2.56. The second-order valence-corrected chi connectivity index (χ2v) is 12.1. The van der Waals surface area contributed by atoms with Crippen LogP contribution in [0.2, 0.25) is 0 Å². The van der Waals surface area contributed by atoms with Crippen LogP contribution >= 0.6 is 0 Å². The van der Waals surface area contributed by atoms with E-state index in [0.29, 0.717) is 11.3 Å². The number of rotatable bonds is 7. The number of ketones is 2. The highest BCUT2D eigenvalue weighted by Gasteiger charge is 2.71. The lowest BCUT2D eigenvalue weighted by molar-refractivity contribution is -0.209. The number of nitrogens with one attached hydrogen (secondary N) is 2. The number of nitrogens with zero attached hydrogens (tertiary/aromatic N) is 2. The number of nitrogens with two attached hydrogens (primary N) is 1. The molecule has 1 aromatic carbocycles. The number of phenols is 1. The molecule has 0 radical (unpaired) electrons. The number of carbonyl (C=O) groups excluding carboxylic acids is 4. The number of aliphatic hydroxyl groups is 4. The van der Waals surface area contributed by atoms with Gasteiger partial charge in [0.05, 0.1) is 18.3 Å². The van der Waals surface area contributed by atoms with Crippen molar-refractivity contribution in [1.82, 2.24) is 10.2 Å². The molecule has 1 aromatic rings. The summed E-state index contributed by atoms with van der Waals surface area (Å²) in [7, 11) is 6.39. The van der Waals surface area contributed by atoms with E-state index in [4.69, 9.17) is 5.73 Å². The van der Waals surface area contributed by atoms with Crippen molar-refractivity contribution in [2.75, 3.05) is 45.0 Å². The molecule has 2 unspecified atom stereocenters. The van der Waals surface area contributed by atoms with Crippen LogP contribution in [0, 0.1) is 11.8 Å². The van der Waals surface area contributed by atoms with Gasteiger partial charge >= 0.3 is 0 Å². The molecule has 0 saturated heterocycles. The van der Waals surface area contributed by atoms with Gasteiger partial charge in [-0.15, -0.1) is 0 Å². The Morgan fingerprint density at radius 3 is 2.29 bits per heavy atom. The van der Waals surface area contributed by atoms with Crippen LogP contribution in [0.25, 0.3) is 0 Å². The number of anilines is 2. The first-order chi connectivity index (χ1) is 19.4. The number of amides is 2. The molecule has 230 valence electrons. The van der Waals surface area contributed by atoms with Crippen molar-refractivity contribution in [1.29, 1.82) is 0 Å². The maximum Gasteiger partial charge on any atom is 0.255 e. The molecule has 6 atom stereocenters. The summed E-state index contributed by atoms with van der Waals surface area (Å²) >= 11 is 0. The van der Waals surface area contributed by atoms with Gasteiger partial charge in [0.25, 0.3) is 5.91 Å². The Morgan fingerprint density at radius 1 is 1.14 bits per heavy atom. The summed E-state index contributed by atoms with van der Waals surface area (Å²) in [6.07, 6.45) is -2.44. The van der Waals surface area contributed by atoms with Gasteiger partial charge in [0.1, 0.15) is 23.2 Å². The van der Waals surface area contributed by atoms with Gasteiger partial charge in [0.2, 0.25) is 11.7 Å². The van der Waals surface area contributed by atoms with Gasteiger partial charge in [0, 0.05) is 43.2 Å². The van der Waals surface area contributed by atoms with E-state index in [0.717, 1.165) is 0 Å². The molecule has 4 rings (SSSR count). The molecule has 0 heterocycles. The Labute approximate surface area is 242 Å². The van der Waals surface area contributed by atoms with Gasteiger partial charge < -0.3 is 46.8 Å². The van der Waals surface area contributed by atoms with Crippen molar-refractivity contribution in [3.8, 4) is 5.75 Å². The number of benzene rings is 1. The lowest BCUT2D eigenvalue weighted by Crippen LogP contribution is -2.73. The third-order valence-electron chi connectivity index (χ3n) is 8.70. The minimum Gasteiger partial charge on any atom is -0.508 e. The van der Waals surface area contributed by atoms with Gasteiger partial charge in [0.15, 0.2) is 17.0 Å². The zero-order valence-corrected chi connectivity index (χ0v) is 24.4. The molecule has 1 fully saturated rings. The minimum absolute atomic E-state index is 0.00730. The third kappa shape index (κ3) is 4.45. The van der Waals surface area contributed by atoms with E-state index >= 15 is 0 Å². The van der Waals surface area contributed by atoms with Gasteiger partial charge in [-0.3, -0.25) is 24.1 Å². The number of aromatic hydroxyl groups is 1. The normalized spacial score (nSPS) is 30.6. The summed E-state index contributed by atoms with van der Waals surface area (Å²) in [5.74, 6) is -8.43. The topological polar surface area (TPSA) is 226 Å². The van der Waals surface area contributed by atoms with Crippen LogP contribution in [0.4, 0.5) is 11.4 Å². The van der Waals surface area contributed by atoms with Crippen LogP contribution in [0.5, 0.6) is 5.75 Å². The van der Waals surface area contributed by atoms with E-state index in [1.165, 1.54) is 25.1 Å². The van der Waals surface area contributed by atoms with Crippen LogP contribution < -0.4 is 21.3 Å². The fourth-order valence-electron chi connectivity index (χ4n) is 6.69. The lowest BCUT2D eigenvalue weighted by atomic mass is 9.52. The van der Waals surface area contributed by atoms with Crippen LogP contribution in [-0.2, 0) is 25.6 Å². The Balaban J connectivity index is 1.90. The van der Waals surface area contributed by atoms with Gasteiger partial charge in [-0.05, 0) is 38.6 Å². The summed E-state index contributed by atoms with van der Waals surface area (Å²) in [5.41, 5.74) is -0.798. The fourth-order valence-corrected chi connectivity index (χ4v) is 6.69. The van der Waals surface area contributed by atoms with Crippen molar-refractivity contribution >= 4 is 34.8 Å². The number of fused-ring (bicyclic) bond motifs is 3. The van der Waals surface area contributed by atoms with E-state index < -0.39 is 75.6 Å². The summed E-state index contributed by atoms with van der Waals surface area (Å²) in [5, 5.41) is 63.2. The number of phenolic OH excluding ortho intramolecular Hbond substituents is 1. The maximum absolute atomic E-state index is 14.1. The second-order valence-electron chi connectivity index (χ2n) is 12.1. The molecule has 3 aliphatic rings. The van der Waals surface area contributed by atoms with Gasteiger partial charge in [-0.2, -0.15) is 0 Å². The first-order valence-corrected chi connectivity index (χ1v) is 13.6. The number of likely N-dealkylation sites (N-methyl/N-ethyl adjacent to an activating group) is 1. The molecule has 42 heavy (non-hydrogen) atoms. The largest absolute Gasteiger partial charge is 0.508 e. The summed E-state index contributed by atoms with van der Waals surface area (Å²) in [6, 6.07) is 0.257. The van der Waals surface area contributed by atoms with Gasteiger partial charge in [-0.25, -0.2) is 0 Å². The monoisotopic (exact) mass is 589 g/mol. The predicted octanol–water partition coefficient (Wildman–Crippen LogP) is -1.54. The highest BCUT2D eigenvalue weighted by atomic mass is 16.4. The fraction of sp³-hybridized carbons (Fsp3) is 0.571. The maximum atomic E-state index is 14.1. The second kappa shape index (κ2) is 10.6. The van der Waals surface area contributed by atoms with Crippen LogP contribution in [0.3, 0.4) is 0 Å². The summed E-state index contributed by atoms with van der Waals surface area (Å²) in [6.45, 7) is 3.62. The highest BCUT2D eigenvalue weighted by Crippen LogP contribution is 2.58. The molecule has 0 spiro atoms. The zero-order chi connectivity index (χ0) is 31.6. The van der Waals surface area contributed by atoms with Crippen LogP contribution in [-0.4, -0.2) is 112 Å². The SMILES string of the molecule is CC(C)NCC(=O)Nc1cc(N(C)C)c2c(c1O)C(O)C1(O)C(=O)[C@]3(O)C(O)=C(C(N)=O)C(=O)[C@@H](N(C)C)[C@@H]3C[C@@H]1C2. The Bertz CT molecular complexity index is 1390. The van der Waals surface area contributed by atoms with Crippen molar-refractivity contribution in [3.63, 3.8) is 0 Å². The average Bonchev–Trinajstić information content (AvgIpc) is 2.88. The average molecular weight is 590 g/mol. The molecule has 2 amide bonds. The zero-order valence-electron chi connectivity index (χ0n) is 24.4.